The number of rotatable bonds is 12. The number of alkyl halides is 3. The van der Waals surface area contributed by atoms with Gasteiger partial charge in [-0.15, -0.1) is 0 Å². The van der Waals surface area contributed by atoms with Gasteiger partial charge in [-0.05, 0) is 92.6 Å². The highest BCUT2D eigenvalue weighted by Crippen LogP contribution is 2.42. The molecule has 1 aliphatic rings. The summed E-state index contributed by atoms with van der Waals surface area (Å²) < 4.78 is 91.4. The van der Waals surface area contributed by atoms with E-state index in [1.807, 2.05) is 0 Å². The highest BCUT2D eigenvalue weighted by molar-refractivity contribution is 7.88. The van der Waals surface area contributed by atoms with Crippen molar-refractivity contribution < 1.29 is 40.3 Å². The molecule has 3 N–H and O–H groups in total. The van der Waals surface area contributed by atoms with Crippen LogP contribution < -0.4 is 15.4 Å². The average Bonchev–Trinajstić information content (AvgIpc) is 3.76. The number of benzene rings is 2. The van der Waals surface area contributed by atoms with Crippen molar-refractivity contribution in [3.05, 3.63) is 107 Å². The molecule has 0 aliphatic heterocycles. The first kappa shape index (κ1) is 37.4. The zero-order valence-corrected chi connectivity index (χ0v) is 29.2. The maximum absolute atomic E-state index is 15.4. The van der Waals surface area contributed by atoms with Gasteiger partial charge in [0, 0.05) is 25.0 Å². The Morgan fingerprint density at radius 3 is 2.31 bits per heavy atom. The maximum Gasteiger partial charge on any atom is 0.435 e. The number of amides is 2. The molecule has 1 saturated carbocycles. The molecule has 0 saturated heterocycles. The SMILES string of the molecule is CC(C)(C)OC(=O)NCc1cccc(-n2nc(C(F)(F)F)cc2C(=O)Nc2cc(C(CCC3CC3)(NS(C)(=O)=O)c3ccncc3)ccc2F)c1. The molecule has 2 amide bonds. The van der Waals surface area contributed by atoms with Crippen LogP contribution in [0.2, 0.25) is 0 Å². The Bertz CT molecular complexity index is 2010. The lowest BCUT2D eigenvalue weighted by atomic mass is 9.79. The minimum Gasteiger partial charge on any atom is -0.444 e. The molecule has 0 bridgehead atoms. The van der Waals surface area contributed by atoms with Crippen molar-refractivity contribution in [3.63, 3.8) is 0 Å². The van der Waals surface area contributed by atoms with Crippen molar-refractivity contribution in [1.29, 1.82) is 0 Å². The predicted octanol–water partition coefficient (Wildman–Crippen LogP) is 6.69. The van der Waals surface area contributed by atoms with Crippen molar-refractivity contribution in [2.24, 2.45) is 5.92 Å². The van der Waals surface area contributed by atoms with Gasteiger partial charge in [-0.2, -0.15) is 18.3 Å². The van der Waals surface area contributed by atoms with E-state index in [1.54, 1.807) is 39.0 Å². The van der Waals surface area contributed by atoms with Crippen LogP contribution in [0.1, 0.15) is 79.3 Å². The second-order valence-electron chi connectivity index (χ2n) is 13.5. The van der Waals surface area contributed by atoms with Gasteiger partial charge in [0.2, 0.25) is 10.0 Å². The topological polar surface area (TPSA) is 144 Å². The summed E-state index contributed by atoms with van der Waals surface area (Å²) in [5.41, 5.74) is -3.11. The molecule has 16 heteroatoms. The van der Waals surface area contributed by atoms with E-state index < -0.39 is 62.2 Å². The van der Waals surface area contributed by atoms with Crippen LogP contribution in [0, 0.1) is 11.7 Å². The zero-order chi connectivity index (χ0) is 37.2. The molecule has 1 atom stereocenters. The van der Waals surface area contributed by atoms with Crippen molar-refractivity contribution in [1.82, 2.24) is 24.8 Å². The van der Waals surface area contributed by atoms with Gasteiger partial charge in [-0.1, -0.05) is 31.0 Å². The fourth-order valence-corrected chi connectivity index (χ4v) is 6.61. The number of carbonyl (C=O) groups excluding carboxylic acids is 2. The van der Waals surface area contributed by atoms with Crippen molar-refractivity contribution in [2.75, 3.05) is 11.6 Å². The number of halogens is 4. The summed E-state index contributed by atoms with van der Waals surface area (Å²) in [5.74, 6) is -1.63. The van der Waals surface area contributed by atoms with Gasteiger partial charge in [0.15, 0.2) is 5.69 Å². The number of nitrogens with zero attached hydrogens (tertiary/aromatic N) is 3. The van der Waals surface area contributed by atoms with Crippen LogP contribution in [0.25, 0.3) is 5.69 Å². The molecule has 4 aromatic rings. The summed E-state index contributed by atoms with van der Waals surface area (Å²) in [6.45, 7) is 5.03. The van der Waals surface area contributed by atoms with Crippen LogP contribution in [0.15, 0.2) is 73.1 Å². The fourth-order valence-electron chi connectivity index (χ4n) is 5.64. The second-order valence-corrected chi connectivity index (χ2v) is 15.2. The number of pyridine rings is 1. The maximum atomic E-state index is 15.4. The van der Waals surface area contributed by atoms with Gasteiger partial charge in [0.1, 0.15) is 17.1 Å². The number of sulfonamides is 1. The van der Waals surface area contributed by atoms with Crippen molar-refractivity contribution in [3.8, 4) is 5.69 Å². The third-order valence-corrected chi connectivity index (χ3v) is 8.81. The van der Waals surface area contributed by atoms with Gasteiger partial charge in [0.05, 0.1) is 23.2 Å². The molecule has 5 rings (SSSR count). The Kier molecular flexibility index (Phi) is 10.6. The monoisotopic (exact) mass is 730 g/mol. The number of hydrogen-bond acceptors (Lipinski definition) is 7. The standard InChI is InChI=1S/C35H38F4N6O5S/c1-33(2,3)50-32(47)41-21-23-6-5-7-26(18-23)45-29(20-30(43-45)35(37,38)39)31(46)42-28-19-25(10-11-27(28)36)34(44-51(4,48)49,15-12-22-8-9-22)24-13-16-40-17-14-24/h5-7,10-11,13-14,16-20,22,44H,8-9,12,15,21H2,1-4H3,(H,41,47)(H,42,46). The van der Waals surface area contributed by atoms with Crippen molar-refractivity contribution >= 4 is 27.7 Å². The Labute approximate surface area is 292 Å². The highest BCUT2D eigenvalue weighted by Gasteiger charge is 2.40. The van der Waals surface area contributed by atoms with E-state index in [0.29, 0.717) is 41.5 Å². The molecule has 0 spiro atoms. The minimum atomic E-state index is -4.93. The fraction of sp³-hybridized carbons (Fsp3) is 0.371. The van der Waals surface area contributed by atoms with E-state index in [4.69, 9.17) is 4.74 Å². The Morgan fingerprint density at radius 1 is 0.980 bits per heavy atom. The first-order valence-corrected chi connectivity index (χ1v) is 18.0. The number of ether oxygens (including phenoxy) is 1. The number of nitrogens with one attached hydrogen (secondary N) is 3. The van der Waals surface area contributed by atoms with Gasteiger partial charge in [0.25, 0.3) is 5.91 Å². The van der Waals surface area contributed by atoms with Gasteiger partial charge >= 0.3 is 12.3 Å². The van der Waals surface area contributed by atoms with E-state index in [-0.39, 0.29) is 12.2 Å². The van der Waals surface area contributed by atoms with Gasteiger partial charge in [-0.25, -0.2) is 27.0 Å². The third-order valence-electron chi connectivity index (χ3n) is 8.09. The minimum absolute atomic E-state index is 0.0445. The lowest BCUT2D eigenvalue weighted by Crippen LogP contribution is -2.46. The largest absolute Gasteiger partial charge is 0.444 e. The van der Waals surface area contributed by atoms with Crippen molar-refractivity contribution in [2.45, 2.75) is 70.3 Å². The van der Waals surface area contributed by atoms with Crippen LogP contribution >= 0.6 is 0 Å². The van der Waals surface area contributed by atoms with Gasteiger partial charge < -0.3 is 15.4 Å². The molecular formula is C35H38F4N6O5S. The molecule has 51 heavy (non-hydrogen) atoms. The summed E-state index contributed by atoms with van der Waals surface area (Å²) in [6.07, 6.45) is 1.31. The van der Waals surface area contributed by atoms with Gasteiger partial charge in [-0.3, -0.25) is 9.78 Å². The summed E-state index contributed by atoms with van der Waals surface area (Å²) in [7, 11) is -3.86. The molecule has 2 heterocycles. The van der Waals surface area contributed by atoms with Crippen LogP contribution in [-0.4, -0.2) is 47.0 Å². The number of hydrogen-bond donors (Lipinski definition) is 3. The zero-order valence-electron chi connectivity index (χ0n) is 28.3. The van der Waals surface area contributed by atoms with Crippen LogP contribution in [0.5, 0.6) is 0 Å². The second kappa shape index (κ2) is 14.4. The van der Waals surface area contributed by atoms with Crippen LogP contribution in [0.3, 0.4) is 0 Å². The number of carbonyl (C=O) groups is 2. The summed E-state index contributed by atoms with van der Waals surface area (Å²) in [6, 6.07) is 13.5. The average molecular weight is 731 g/mol. The first-order valence-electron chi connectivity index (χ1n) is 16.1. The Morgan fingerprint density at radius 2 is 1.69 bits per heavy atom. The lowest BCUT2D eigenvalue weighted by Gasteiger charge is -2.36. The lowest BCUT2D eigenvalue weighted by molar-refractivity contribution is -0.141. The third kappa shape index (κ3) is 9.70. The summed E-state index contributed by atoms with van der Waals surface area (Å²) in [4.78, 5) is 29.9. The predicted molar refractivity (Wildman–Crippen MR) is 181 cm³/mol. The molecule has 2 aromatic heterocycles. The Hall–Kier alpha value is -4.83. The molecule has 272 valence electrons. The van der Waals surface area contributed by atoms with E-state index >= 15 is 4.39 Å². The van der Waals surface area contributed by atoms with E-state index in [1.165, 1.54) is 42.7 Å². The first-order chi connectivity index (χ1) is 23.8. The normalized spacial score (nSPS) is 14.8. The quantitative estimate of drug-likeness (QED) is 0.138. The molecule has 1 unspecified atom stereocenters. The summed E-state index contributed by atoms with van der Waals surface area (Å²) in [5, 5.41) is 8.59. The van der Waals surface area contributed by atoms with Crippen LogP contribution in [-0.2, 0) is 33.0 Å². The molecular weight excluding hydrogens is 692 g/mol. The number of aromatic nitrogens is 3. The molecule has 0 radical (unpaired) electrons. The van der Waals surface area contributed by atoms with Crippen LogP contribution in [0.4, 0.5) is 28.0 Å². The smallest absolute Gasteiger partial charge is 0.435 e. The Balaban J connectivity index is 1.51. The van der Waals surface area contributed by atoms with E-state index in [2.05, 4.69) is 25.4 Å². The number of anilines is 1. The molecule has 1 aliphatic carbocycles. The molecule has 2 aromatic carbocycles. The molecule has 11 nitrogen and oxygen atoms in total. The van der Waals surface area contributed by atoms with E-state index in [0.717, 1.165) is 29.8 Å². The van der Waals surface area contributed by atoms with E-state index in [9.17, 15) is 31.2 Å². The summed E-state index contributed by atoms with van der Waals surface area (Å²) >= 11 is 0. The molecule has 1 fully saturated rings. The highest BCUT2D eigenvalue weighted by atomic mass is 32.2. The number of alkyl carbamates (subject to hydrolysis) is 1.